The van der Waals surface area contributed by atoms with E-state index in [-0.39, 0.29) is 0 Å². The van der Waals surface area contributed by atoms with Gasteiger partial charge in [-0.15, -0.1) is 0 Å². The zero-order valence-corrected chi connectivity index (χ0v) is 10.4. The molecule has 0 spiro atoms. The lowest BCUT2D eigenvalue weighted by Crippen LogP contribution is -2.31. The van der Waals surface area contributed by atoms with E-state index in [1.54, 1.807) is 7.11 Å². The molecule has 0 aliphatic heterocycles. The average molecular weight is 202 g/mol. The molecule has 0 heterocycles. The van der Waals surface area contributed by atoms with Crippen molar-refractivity contribution in [2.45, 2.75) is 46.6 Å². The summed E-state index contributed by atoms with van der Waals surface area (Å²) in [5.74, 6) is 1.26. The summed E-state index contributed by atoms with van der Waals surface area (Å²) >= 11 is 0. The topological polar surface area (TPSA) is 18.5 Å². The zero-order valence-electron chi connectivity index (χ0n) is 10.4. The second kappa shape index (κ2) is 8.25. The molecule has 2 atom stereocenters. The number of hydrogen-bond acceptors (Lipinski definition) is 2. The van der Waals surface area contributed by atoms with Gasteiger partial charge in [0.05, 0.1) is 12.7 Å². The van der Waals surface area contributed by atoms with E-state index < -0.39 is 0 Å². The van der Waals surface area contributed by atoms with E-state index in [0.717, 1.165) is 19.1 Å². The van der Waals surface area contributed by atoms with Crippen LogP contribution >= 0.6 is 0 Å². The fourth-order valence-corrected chi connectivity index (χ4v) is 2.13. The maximum Gasteiger partial charge on any atom is 0.0599 e. The quantitative estimate of drug-likeness (QED) is 0.602. The highest BCUT2D eigenvalue weighted by atomic mass is 16.5. The lowest BCUT2D eigenvalue weighted by atomic mass is 9.85. The summed E-state index contributed by atoms with van der Waals surface area (Å²) in [7, 11) is 1.77. The summed E-state index contributed by atoms with van der Waals surface area (Å²) < 4.78 is 10.9. The van der Waals surface area contributed by atoms with Gasteiger partial charge in [-0.1, -0.05) is 26.7 Å². The predicted octanol–water partition coefficient (Wildman–Crippen LogP) is 3.11. The Hall–Kier alpha value is -0.0800. The summed E-state index contributed by atoms with van der Waals surface area (Å²) in [5.41, 5.74) is 0. The molecule has 0 amide bonds. The molecule has 0 aromatic carbocycles. The van der Waals surface area contributed by atoms with Crippen LogP contribution in [0.5, 0.6) is 0 Å². The molecular weight excluding hydrogens is 176 g/mol. The molecule has 0 saturated heterocycles. The minimum Gasteiger partial charge on any atom is -0.384 e. The van der Waals surface area contributed by atoms with Crippen molar-refractivity contribution >= 4 is 0 Å². The molecule has 2 heteroatoms. The van der Waals surface area contributed by atoms with E-state index in [4.69, 9.17) is 9.47 Å². The molecule has 0 aromatic rings. The van der Waals surface area contributed by atoms with Crippen LogP contribution in [0.2, 0.25) is 0 Å². The summed E-state index contributed by atoms with van der Waals surface area (Å²) in [5, 5.41) is 0. The van der Waals surface area contributed by atoms with Crippen molar-refractivity contribution in [3.8, 4) is 0 Å². The summed E-state index contributed by atoms with van der Waals surface area (Å²) in [6, 6.07) is 0. The molecule has 2 unspecified atom stereocenters. The van der Waals surface area contributed by atoms with Crippen LogP contribution in [-0.4, -0.2) is 26.4 Å². The van der Waals surface area contributed by atoms with Crippen molar-refractivity contribution in [1.82, 2.24) is 0 Å². The van der Waals surface area contributed by atoms with Gasteiger partial charge in [-0.25, -0.2) is 0 Å². The third kappa shape index (κ3) is 4.43. The Kier molecular flexibility index (Phi) is 8.20. The molecule has 14 heavy (non-hydrogen) atoms. The van der Waals surface area contributed by atoms with Gasteiger partial charge >= 0.3 is 0 Å². The van der Waals surface area contributed by atoms with Crippen molar-refractivity contribution in [2.24, 2.45) is 11.8 Å². The fourth-order valence-electron chi connectivity index (χ4n) is 2.13. The van der Waals surface area contributed by atoms with Crippen molar-refractivity contribution in [3.05, 3.63) is 0 Å². The maximum atomic E-state index is 5.66. The summed E-state index contributed by atoms with van der Waals surface area (Å²) in [4.78, 5) is 0. The minimum atomic E-state index is 0.310. The van der Waals surface area contributed by atoms with E-state index in [1.165, 1.54) is 12.8 Å². The van der Waals surface area contributed by atoms with Crippen molar-refractivity contribution in [2.75, 3.05) is 20.3 Å². The Morgan fingerprint density at radius 3 is 2.00 bits per heavy atom. The summed E-state index contributed by atoms with van der Waals surface area (Å²) in [6.45, 7) is 10.3. The highest BCUT2D eigenvalue weighted by Gasteiger charge is 2.24. The van der Waals surface area contributed by atoms with E-state index in [1.807, 2.05) is 6.92 Å². The van der Waals surface area contributed by atoms with Crippen LogP contribution in [0.3, 0.4) is 0 Å². The molecular formula is C12H26O2. The van der Waals surface area contributed by atoms with Crippen molar-refractivity contribution in [1.29, 1.82) is 0 Å². The third-order valence-corrected chi connectivity index (χ3v) is 3.05. The van der Waals surface area contributed by atoms with Gasteiger partial charge in [-0.3, -0.25) is 0 Å². The molecule has 0 radical (unpaired) electrons. The van der Waals surface area contributed by atoms with Gasteiger partial charge < -0.3 is 9.47 Å². The molecule has 0 N–H and O–H groups in total. The monoisotopic (exact) mass is 202 g/mol. The zero-order chi connectivity index (χ0) is 11.0. The number of hydrogen-bond donors (Lipinski definition) is 0. The second-order valence-corrected chi connectivity index (χ2v) is 3.86. The van der Waals surface area contributed by atoms with E-state index >= 15 is 0 Å². The van der Waals surface area contributed by atoms with Gasteiger partial charge in [-0.2, -0.15) is 0 Å². The van der Waals surface area contributed by atoms with Crippen LogP contribution in [0.4, 0.5) is 0 Å². The second-order valence-electron chi connectivity index (χ2n) is 3.86. The Bertz CT molecular complexity index is 121. The molecule has 0 aliphatic rings. The number of ether oxygens (including phenoxy) is 2. The molecule has 0 rings (SSSR count). The van der Waals surface area contributed by atoms with E-state index in [0.29, 0.717) is 12.0 Å². The molecule has 0 aromatic heterocycles. The largest absolute Gasteiger partial charge is 0.384 e. The van der Waals surface area contributed by atoms with Gasteiger partial charge in [0.2, 0.25) is 0 Å². The summed E-state index contributed by atoms with van der Waals surface area (Å²) in [6.07, 6.45) is 2.73. The lowest BCUT2D eigenvalue weighted by Gasteiger charge is -2.29. The van der Waals surface area contributed by atoms with Crippen LogP contribution in [-0.2, 0) is 9.47 Å². The van der Waals surface area contributed by atoms with Crippen molar-refractivity contribution in [3.63, 3.8) is 0 Å². The first-order chi connectivity index (χ1) is 6.71. The first-order valence-electron chi connectivity index (χ1n) is 5.81. The highest BCUT2D eigenvalue weighted by Crippen LogP contribution is 2.24. The Balaban J connectivity index is 4.23. The van der Waals surface area contributed by atoms with Crippen LogP contribution in [0.1, 0.15) is 40.5 Å². The van der Waals surface area contributed by atoms with Crippen LogP contribution in [0.15, 0.2) is 0 Å². The molecule has 0 fully saturated rings. The van der Waals surface area contributed by atoms with Gasteiger partial charge in [-0.05, 0) is 19.8 Å². The molecule has 86 valence electrons. The normalized spacial score (nSPS) is 15.9. The smallest absolute Gasteiger partial charge is 0.0599 e. The van der Waals surface area contributed by atoms with Crippen molar-refractivity contribution < 1.29 is 9.47 Å². The Morgan fingerprint density at radius 1 is 1.07 bits per heavy atom. The maximum absolute atomic E-state index is 5.66. The first kappa shape index (κ1) is 13.9. The molecule has 0 aliphatic carbocycles. The van der Waals surface area contributed by atoms with Gasteiger partial charge in [0.25, 0.3) is 0 Å². The Morgan fingerprint density at radius 2 is 1.64 bits per heavy atom. The van der Waals surface area contributed by atoms with Crippen LogP contribution in [0.25, 0.3) is 0 Å². The molecule has 0 saturated carbocycles. The standard InChI is InChI=1S/C12H26O2/c1-6-11(7-2)12(9-13-5)10(4)14-8-3/h10-12H,6-9H2,1-5H3. The fraction of sp³-hybridized carbons (Fsp3) is 1.00. The SMILES string of the molecule is CCOC(C)C(COC)C(CC)CC. The first-order valence-corrected chi connectivity index (χ1v) is 5.81. The van der Waals surface area contributed by atoms with E-state index in [9.17, 15) is 0 Å². The molecule has 2 nitrogen and oxygen atoms in total. The predicted molar refractivity (Wildman–Crippen MR) is 60.5 cm³/mol. The number of methoxy groups -OCH3 is 1. The number of rotatable bonds is 8. The van der Waals surface area contributed by atoms with E-state index in [2.05, 4.69) is 20.8 Å². The lowest BCUT2D eigenvalue weighted by molar-refractivity contribution is -0.0224. The Labute approximate surface area is 89.0 Å². The minimum absolute atomic E-state index is 0.310. The average Bonchev–Trinajstić information content (AvgIpc) is 2.18. The molecule has 0 bridgehead atoms. The van der Waals surface area contributed by atoms with Crippen LogP contribution in [0, 0.1) is 11.8 Å². The van der Waals surface area contributed by atoms with Gasteiger partial charge in [0.1, 0.15) is 0 Å². The third-order valence-electron chi connectivity index (χ3n) is 3.05. The highest BCUT2D eigenvalue weighted by molar-refractivity contribution is 4.73. The van der Waals surface area contributed by atoms with Gasteiger partial charge in [0.15, 0.2) is 0 Å². The van der Waals surface area contributed by atoms with Gasteiger partial charge in [0, 0.05) is 19.6 Å². The van der Waals surface area contributed by atoms with Crippen LogP contribution < -0.4 is 0 Å².